The van der Waals surface area contributed by atoms with Crippen molar-refractivity contribution in [1.29, 1.82) is 0 Å². The second-order valence-electron chi connectivity index (χ2n) is 4.47. The van der Waals surface area contributed by atoms with Crippen LogP contribution in [0.3, 0.4) is 0 Å². The van der Waals surface area contributed by atoms with Crippen LogP contribution in [0.4, 0.5) is 8.78 Å². The Morgan fingerprint density at radius 3 is 2.71 bits per heavy atom. The van der Waals surface area contributed by atoms with E-state index in [1.165, 1.54) is 0 Å². The maximum Gasteiger partial charge on any atom is 0.261 e. The van der Waals surface area contributed by atoms with E-state index in [1.807, 2.05) is 11.9 Å². The van der Waals surface area contributed by atoms with E-state index >= 15 is 0 Å². The number of likely N-dealkylation sites (N-methyl/N-ethyl adjacent to an activating group) is 1. The van der Waals surface area contributed by atoms with Crippen molar-refractivity contribution in [2.24, 2.45) is 0 Å². The number of likely N-dealkylation sites (tertiary alicyclic amines) is 1. The summed E-state index contributed by atoms with van der Waals surface area (Å²) in [5.41, 5.74) is 0. The molecule has 0 aromatic rings. The Bertz CT molecular complexity index is 208. The van der Waals surface area contributed by atoms with Gasteiger partial charge in [-0.2, -0.15) is 0 Å². The lowest BCUT2D eigenvalue weighted by atomic mass is 10.1. The van der Waals surface area contributed by atoms with Crippen LogP contribution in [0.1, 0.15) is 25.7 Å². The highest BCUT2D eigenvalue weighted by molar-refractivity contribution is 4.94. The monoisotopic (exact) mass is 204 g/mol. The molecule has 1 aliphatic carbocycles. The lowest BCUT2D eigenvalue weighted by Gasteiger charge is -2.28. The van der Waals surface area contributed by atoms with E-state index < -0.39 is 5.92 Å². The van der Waals surface area contributed by atoms with Crippen molar-refractivity contribution in [2.45, 2.75) is 43.7 Å². The highest BCUT2D eigenvalue weighted by atomic mass is 19.3. The van der Waals surface area contributed by atoms with Gasteiger partial charge in [0.25, 0.3) is 5.92 Å². The molecule has 2 atom stereocenters. The Balaban J connectivity index is 1.95. The molecule has 2 unspecified atom stereocenters. The minimum absolute atomic E-state index is 0.0319. The van der Waals surface area contributed by atoms with Crippen molar-refractivity contribution in [3.8, 4) is 0 Å². The topological polar surface area (TPSA) is 15.3 Å². The summed E-state index contributed by atoms with van der Waals surface area (Å²) in [5, 5.41) is 3.23. The Morgan fingerprint density at radius 2 is 2.14 bits per heavy atom. The molecule has 2 nitrogen and oxygen atoms in total. The van der Waals surface area contributed by atoms with E-state index in [-0.39, 0.29) is 13.0 Å². The summed E-state index contributed by atoms with van der Waals surface area (Å²) in [6, 6.07) is 0.761. The van der Waals surface area contributed by atoms with Crippen LogP contribution in [-0.4, -0.2) is 43.0 Å². The SMILES string of the molecule is CNC1CCCC1N1CCC(F)(F)C1. The Hall–Kier alpha value is -0.220. The molecule has 2 aliphatic rings. The number of hydrogen-bond donors (Lipinski definition) is 1. The van der Waals surface area contributed by atoms with Crippen LogP contribution in [0.2, 0.25) is 0 Å². The minimum Gasteiger partial charge on any atom is -0.315 e. The molecule has 1 heterocycles. The number of nitrogens with zero attached hydrogens (tertiary/aromatic N) is 1. The van der Waals surface area contributed by atoms with Crippen LogP contribution in [0.5, 0.6) is 0 Å². The third-order valence-corrected chi connectivity index (χ3v) is 3.52. The molecule has 1 N–H and O–H groups in total. The van der Waals surface area contributed by atoms with Gasteiger partial charge in [0.05, 0.1) is 6.54 Å². The summed E-state index contributed by atoms with van der Waals surface area (Å²) in [4.78, 5) is 1.97. The van der Waals surface area contributed by atoms with Crippen LogP contribution in [0.25, 0.3) is 0 Å². The van der Waals surface area contributed by atoms with Gasteiger partial charge in [-0.25, -0.2) is 8.78 Å². The maximum absolute atomic E-state index is 13.0. The average molecular weight is 204 g/mol. The zero-order valence-electron chi connectivity index (χ0n) is 8.60. The van der Waals surface area contributed by atoms with E-state index in [0.717, 1.165) is 19.3 Å². The summed E-state index contributed by atoms with van der Waals surface area (Å²) >= 11 is 0. The van der Waals surface area contributed by atoms with Crippen molar-refractivity contribution in [2.75, 3.05) is 20.1 Å². The zero-order valence-corrected chi connectivity index (χ0v) is 8.60. The number of halogens is 2. The lowest BCUT2D eigenvalue weighted by Crippen LogP contribution is -2.45. The first-order chi connectivity index (χ1) is 6.62. The average Bonchev–Trinajstić information content (AvgIpc) is 2.70. The Kier molecular flexibility index (Phi) is 2.75. The molecule has 82 valence electrons. The summed E-state index contributed by atoms with van der Waals surface area (Å²) in [6.45, 7) is 0.533. The third-order valence-electron chi connectivity index (χ3n) is 3.52. The van der Waals surface area contributed by atoms with Crippen LogP contribution < -0.4 is 5.32 Å². The molecule has 1 saturated heterocycles. The summed E-state index contributed by atoms with van der Waals surface area (Å²) in [6.07, 6.45) is 3.41. The summed E-state index contributed by atoms with van der Waals surface area (Å²) in [7, 11) is 1.93. The number of hydrogen-bond acceptors (Lipinski definition) is 2. The molecule has 1 aliphatic heterocycles. The molecule has 0 amide bonds. The standard InChI is InChI=1S/C10H18F2N2/c1-13-8-3-2-4-9(8)14-6-5-10(11,12)7-14/h8-9,13H,2-7H2,1H3. The van der Waals surface area contributed by atoms with Gasteiger partial charge in [-0.3, -0.25) is 4.90 Å². The summed E-state index contributed by atoms with van der Waals surface area (Å²) < 4.78 is 26.0. The predicted octanol–water partition coefficient (Wildman–Crippen LogP) is 1.47. The van der Waals surface area contributed by atoms with Crippen LogP contribution >= 0.6 is 0 Å². The molecule has 0 radical (unpaired) electrons. The van der Waals surface area contributed by atoms with E-state index in [0.29, 0.717) is 18.6 Å². The number of alkyl halides is 2. The molecular formula is C10H18F2N2. The Morgan fingerprint density at radius 1 is 1.36 bits per heavy atom. The molecule has 2 fully saturated rings. The van der Waals surface area contributed by atoms with Gasteiger partial charge in [0, 0.05) is 25.0 Å². The van der Waals surface area contributed by atoms with E-state index in [9.17, 15) is 8.78 Å². The largest absolute Gasteiger partial charge is 0.315 e. The van der Waals surface area contributed by atoms with Crippen molar-refractivity contribution in [3.05, 3.63) is 0 Å². The molecule has 1 saturated carbocycles. The van der Waals surface area contributed by atoms with Crippen LogP contribution in [0, 0.1) is 0 Å². The first-order valence-corrected chi connectivity index (χ1v) is 5.41. The Labute approximate surface area is 83.7 Å². The molecule has 0 bridgehead atoms. The van der Waals surface area contributed by atoms with Crippen molar-refractivity contribution in [3.63, 3.8) is 0 Å². The molecule has 14 heavy (non-hydrogen) atoms. The fourth-order valence-electron chi connectivity index (χ4n) is 2.76. The number of nitrogens with one attached hydrogen (secondary N) is 1. The van der Waals surface area contributed by atoms with Gasteiger partial charge in [-0.1, -0.05) is 6.42 Å². The van der Waals surface area contributed by atoms with Crippen LogP contribution in [-0.2, 0) is 0 Å². The fraction of sp³-hybridized carbons (Fsp3) is 1.00. The highest BCUT2D eigenvalue weighted by Gasteiger charge is 2.43. The van der Waals surface area contributed by atoms with Gasteiger partial charge in [0.2, 0.25) is 0 Å². The fourth-order valence-corrected chi connectivity index (χ4v) is 2.76. The smallest absolute Gasteiger partial charge is 0.261 e. The van der Waals surface area contributed by atoms with Crippen molar-refractivity contribution < 1.29 is 8.78 Å². The second-order valence-corrected chi connectivity index (χ2v) is 4.47. The van der Waals surface area contributed by atoms with Crippen molar-refractivity contribution in [1.82, 2.24) is 10.2 Å². The molecule has 4 heteroatoms. The van der Waals surface area contributed by atoms with E-state index in [2.05, 4.69) is 5.32 Å². The van der Waals surface area contributed by atoms with Gasteiger partial charge >= 0.3 is 0 Å². The van der Waals surface area contributed by atoms with Gasteiger partial charge in [0.15, 0.2) is 0 Å². The second kappa shape index (κ2) is 3.74. The van der Waals surface area contributed by atoms with Crippen molar-refractivity contribution >= 4 is 0 Å². The van der Waals surface area contributed by atoms with Gasteiger partial charge in [-0.05, 0) is 19.9 Å². The number of rotatable bonds is 2. The minimum atomic E-state index is -2.44. The highest BCUT2D eigenvalue weighted by Crippen LogP contribution is 2.33. The first-order valence-electron chi connectivity index (χ1n) is 5.41. The zero-order chi connectivity index (χ0) is 10.2. The quantitative estimate of drug-likeness (QED) is 0.732. The lowest BCUT2D eigenvalue weighted by molar-refractivity contribution is 0.00671. The first kappa shape index (κ1) is 10.3. The van der Waals surface area contributed by atoms with Gasteiger partial charge in [0.1, 0.15) is 0 Å². The third kappa shape index (κ3) is 1.91. The van der Waals surface area contributed by atoms with Crippen LogP contribution in [0.15, 0.2) is 0 Å². The summed E-state index contributed by atoms with van der Waals surface area (Å²) in [5.74, 6) is -2.44. The predicted molar refractivity (Wildman–Crippen MR) is 51.6 cm³/mol. The van der Waals surface area contributed by atoms with Gasteiger partial charge < -0.3 is 5.32 Å². The molecule has 0 aromatic carbocycles. The normalized spacial score (nSPS) is 37.9. The molecule has 2 rings (SSSR count). The van der Waals surface area contributed by atoms with Gasteiger partial charge in [-0.15, -0.1) is 0 Å². The van der Waals surface area contributed by atoms with E-state index in [1.54, 1.807) is 0 Å². The van der Waals surface area contributed by atoms with E-state index in [4.69, 9.17) is 0 Å². The maximum atomic E-state index is 13.0. The molecular weight excluding hydrogens is 186 g/mol. The molecule has 0 aromatic heterocycles. The molecule has 0 spiro atoms.